The molecule has 1 aliphatic heterocycles. The second kappa shape index (κ2) is 20.7. The molecule has 51 heavy (non-hydrogen) atoms. The van der Waals surface area contributed by atoms with Crippen LogP contribution in [0, 0.1) is 23.2 Å². The summed E-state index contributed by atoms with van der Waals surface area (Å²) in [5, 5.41) is 13.8. The quantitative estimate of drug-likeness (QED) is 0.0558. The van der Waals surface area contributed by atoms with Gasteiger partial charge >= 0.3 is 17.7 Å². The number of hydrogen-bond acceptors (Lipinski definition) is 6. The molecule has 13 heteroatoms. The van der Waals surface area contributed by atoms with Gasteiger partial charge in [-0.05, 0) is 62.7 Å². The van der Waals surface area contributed by atoms with Crippen LogP contribution in [0.1, 0.15) is 105 Å². The molecule has 3 rings (SSSR count). The molecule has 0 spiro atoms. The SMILES string of the molecule is C=CCNC(=O)C(=O)C(CC1CC1)NC(=O)[C@@H]1CC(C=C(C)C)CN1C(=O)[C@@H](NC(=O)N[C@H](C[NH2+]CCCC[S+]=O)C1CCCCC1)C(C)(C)C. The number of hydrogen-bond donors (Lipinski definition) is 5. The second-order valence-corrected chi connectivity index (χ2v) is 16.8. The molecule has 3 fully saturated rings. The molecule has 1 saturated heterocycles. The number of urea groups is 1. The van der Waals surface area contributed by atoms with E-state index >= 15 is 0 Å². The monoisotopic (exact) mass is 732 g/mol. The van der Waals surface area contributed by atoms with Gasteiger partial charge in [0.05, 0.1) is 25.2 Å². The van der Waals surface area contributed by atoms with E-state index in [1.807, 2.05) is 34.6 Å². The summed E-state index contributed by atoms with van der Waals surface area (Å²) in [6, 6.07) is -3.25. The van der Waals surface area contributed by atoms with Crippen LogP contribution in [0.4, 0.5) is 4.79 Å². The number of Topliss-reactive ketones (excluding diaryl/α,β-unsaturated/α-hetero) is 1. The Balaban J connectivity index is 1.78. The topological polar surface area (TPSA) is 170 Å². The van der Waals surface area contributed by atoms with Crippen LogP contribution in [0.5, 0.6) is 0 Å². The number of carbonyl (C=O) groups excluding carboxylic acids is 5. The van der Waals surface area contributed by atoms with Gasteiger partial charge in [-0.3, -0.25) is 19.2 Å². The zero-order chi connectivity index (χ0) is 37.6. The second-order valence-electron chi connectivity index (χ2n) is 16.1. The van der Waals surface area contributed by atoms with Gasteiger partial charge in [-0.2, -0.15) is 0 Å². The van der Waals surface area contributed by atoms with E-state index in [1.165, 1.54) is 12.5 Å². The minimum Gasteiger partial charge on any atom is -0.346 e. The molecule has 2 aliphatic carbocycles. The molecular formula is C38H64N6O6S+2. The Labute approximate surface area is 309 Å². The smallest absolute Gasteiger partial charge is 0.346 e. The highest BCUT2D eigenvalue weighted by Crippen LogP contribution is 2.34. The van der Waals surface area contributed by atoms with Crippen LogP contribution in [0.15, 0.2) is 24.3 Å². The third kappa shape index (κ3) is 14.0. The summed E-state index contributed by atoms with van der Waals surface area (Å²) in [4.78, 5) is 69.5. The van der Waals surface area contributed by atoms with E-state index in [9.17, 15) is 28.2 Å². The van der Waals surface area contributed by atoms with Crippen molar-refractivity contribution in [2.75, 3.05) is 31.9 Å². The number of carbonyl (C=O) groups is 5. The Kier molecular flexibility index (Phi) is 17.2. The van der Waals surface area contributed by atoms with Gasteiger partial charge in [-0.15, -0.1) is 6.58 Å². The number of nitrogens with two attached hydrogens (primary N) is 1. The maximum Gasteiger partial charge on any atom is 0.458 e. The molecule has 12 nitrogen and oxygen atoms in total. The third-order valence-electron chi connectivity index (χ3n) is 10.2. The average Bonchev–Trinajstić information content (AvgIpc) is 3.81. The Morgan fingerprint density at radius 1 is 0.980 bits per heavy atom. The van der Waals surface area contributed by atoms with Crippen molar-refractivity contribution in [3.8, 4) is 0 Å². The molecule has 2 saturated carbocycles. The lowest BCUT2D eigenvalue weighted by atomic mass is 9.83. The Morgan fingerprint density at radius 2 is 1.69 bits per heavy atom. The van der Waals surface area contributed by atoms with E-state index in [4.69, 9.17) is 0 Å². The molecule has 0 aromatic rings. The van der Waals surface area contributed by atoms with Gasteiger partial charge < -0.3 is 31.5 Å². The van der Waals surface area contributed by atoms with E-state index in [1.54, 1.807) is 4.90 Å². The van der Waals surface area contributed by atoms with Crippen molar-refractivity contribution in [2.45, 2.75) is 129 Å². The molecule has 0 aromatic carbocycles. The molecular weight excluding hydrogens is 669 g/mol. The molecule has 0 aromatic heterocycles. The number of unbranched alkanes of at least 4 members (excludes halogenated alkanes) is 1. The van der Waals surface area contributed by atoms with Gasteiger partial charge in [-0.1, -0.05) is 70.6 Å². The average molecular weight is 733 g/mol. The number of quaternary nitrogens is 1. The van der Waals surface area contributed by atoms with Crippen LogP contribution in [0.25, 0.3) is 0 Å². The first-order valence-corrected chi connectivity index (χ1v) is 20.0. The van der Waals surface area contributed by atoms with Crippen LogP contribution in [-0.2, 0) is 35.1 Å². The minimum atomic E-state index is -0.990. The van der Waals surface area contributed by atoms with Crippen LogP contribution >= 0.6 is 0 Å². The van der Waals surface area contributed by atoms with Gasteiger partial charge in [0, 0.05) is 30.1 Å². The molecule has 5 amide bonds. The molecule has 0 bridgehead atoms. The third-order valence-corrected chi connectivity index (χ3v) is 10.7. The van der Waals surface area contributed by atoms with E-state index in [2.05, 4.69) is 39.2 Å². The number of likely N-dealkylation sites (tertiary alicyclic amines) is 1. The van der Waals surface area contributed by atoms with Gasteiger partial charge in [0.1, 0.15) is 12.1 Å². The maximum absolute atomic E-state index is 14.5. The summed E-state index contributed by atoms with van der Waals surface area (Å²) in [5.41, 5.74) is 0.387. The van der Waals surface area contributed by atoms with E-state index in [0.29, 0.717) is 42.7 Å². The molecule has 5 atom stereocenters. The van der Waals surface area contributed by atoms with Crippen molar-refractivity contribution in [1.82, 2.24) is 26.2 Å². The number of allylic oxidation sites excluding steroid dienone is 1. The van der Waals surface area contributed by atoms with Gasteiger partial charge in [-0.25, -0.2) is 4.79 Å². The number of amides is 5. The van der Waals surface area contributed by atoms with Gasteiger partial charge in [0.2, 0.25) is 23.4 Å². The first-order valence-electron chi connectivity index (χ1n) is 19.1. The highest BCUT2D eigenvalue weighted by molar-refractivity contribution is 7.65. The van der Waals surface area contributed by atoms with Gasteiger partial charge in [0.15, 0.2) is 0 Å². The zero-order valence-corrected chi connectivity index (χ0v) is 32.4. The number of rotatable bonds is 20. The zero-order valence-electron chi connectivity index (χ0n) is 31.6. The molecule has 1 heterocycles. The van der Waals surface area contributed by atoms with Crippen LogP contribution in [0.2, 0.25) is 0 Å². The Morgan fingerprint density at radius 3 is 2.29 bits per heavy atom. The summed E-state index contributed by atoms with van der Waals surface area (Å²) < 4.78 is 10.7. The van der Waals surface area contributed by atoms with Crippen molar-refractivity contribution in [2.24, 2.45) is 23.2 Å². The molecule has 286 valence electrons. The van der Waals surface area contributed by atoms with Crippen molar-refractivity contribution < 1.29 is 33.5 Å². The van der Waals surface area contributed by atoms with E-state index in [0.717, 1.165) is 70.0 Å². The number of ketones is 1. The normalized spacial score (nSPS) is 21.1. The Hall–Kier alpha value is -3.19. The first-order chi connectivity index (χ1) is 24.2. The predicted molar refractivity (Wildman–Crippen MR) is 200 cm³/mol. The summed E-state index contributed by atoms with van der Waals surface area (Å²) in [5.74, 6) is -1.17. The van der Waals surface area contributed by atoms with E-state index < -0.39 is 47.2 Å². The summed E-state index contributed by atoms with van der Waals surface area (Å²) in [6.45, 7) is 15.3. The summed E-state index contributed by atoms with van der Waals surface area (Å²) in [7, 11) is 0. The molecule has 3 aliphatic rings. The molecule has 0 radical (unpaired) electrons. The highest BCUT2D eigenvalue weighted by atomic mass is 32.1. The van der Waals surface area contributed by atoms with Crippen LogP contribution < -0.4 is 26.6 Å². The fraction of sp³-hybridized carbons (Fsp3) is 0.763. The first kappa shape index (κ1) is 42.2. The predicted octanol–water partition coefficient (Wildman–Crippen LogP) is 2.76. The lowest BCUT2D eigenvalue weighted by molar-refractivity contribution is -0.658. The molecule has 6 N–H and O–H groups in total. The minimum absolute atomic E-state index is 0.0631. The van der Waals surface area contributed by atoms with Crippen LogP contribution in [-0.4, -0.2) is 90.5 Å². The van der Waals surface area contributed by atoms with Crippen molar-refractivity contribution in [3.05, 3.63) is 24.3 Å². The van der Waals surface area contributed by atoms with Crippen molar-refractivity contribution >= 4 is 41.2 Å². The number of nitrogens with one attached hydrogen (secondary N) is 4. The summed E-state index contributed by atoms with van der Waals surface area (Å²) in [6.07, 6.45) is 13.5. The fourth-order valence-corrected chi connectivity index (χ4v) is 7.68. The summed E-state index contributed by atoms with van der Waals surface area (Å²) >= 11 is 0.615. The van der Waals surface area contributed by atoms with Crippen LogP contribution in [0.3, 0.4) is 0 Å². The molecule has 2 unspecified atom stereocenters. The highest BCUT2D eigenvalue weighted by Gasteiger charge is 2.46. The standard InChI is InChI=1S/C38H62N6O6S/c1-7-17-40-35(47)32(45)29(21-26-15-16-26)41-34(46)31-22-27(20-25(2)3)24-44(31)36(48)33(38(4,5)6)43-37(49)42-30(28-13-9-8-10-14-28)23-39-18-11-12-19-51-50/h7,20,26-31,33,39H,1,8-19,21-24H2,2-6H3,(H3-,40,41,42,43,46,47,49)/p+2/t27?,29?,30-,31+,33-/m1/s1. The lowest BCUT2D eigenvalue weighted by Crippen LogP contribution is -2.88. The van der Waals surface area contributed by atoms with Crippen molar-refractivity contribution in [1.29, 1.82) is 0 Å². The maximum atomic E-state index is 14.5. The lowest BCUT2D eigenvalue weighted by Gasteiger charge is -2.36. The van der Waals surface area contributed by atoms with Crippen molar-refractivity contribution in [3.63, 3.8) is 0 Å². The van der Waals surface area contributed by atoms with Gasteiger partial charge in [0.25, 0.3) is 5.91 Å². The number of nitrogens with zero attached hydrogens (tertiary/aromatic N) is 1. The largest absolute Gasteiger partial charge is 0.458 e. The fourth-order valence-electron chi connectivity index (χ4n) is 7.36. The Bertz CT molecular complexity index is 1250. The van der Waals surface area contributed by atoms with E-state index in [-0.39, 0.29) is 30.3 Å².